The number of alkyl halides is 3. The van der Waals surface area contributed by atoms with Gasteiger partial charge in [-0.3, -0.25) is 0 Å². The number of aromatic amines is 2. The number of aliphatic hydroxyl groups excluding tert-OH is 1. The highest BCUT2D eigenvalue weighted by atomic mass is 19.4. The number of hydrogen-bond donors (Lipinski definition) is 4. The molecular weight excluding hydrogens is 523 g/mol. The molecule has 6 aromatic rings. The summed E-state index contributed by atoms with van der Waals surface area (Å²) >= 11 is 0. The molecule has 200 valence electrons. The number of para-hydroxylation sites is 1. The van der Waals surface area contributed by atoms with Gasteiger partial charge in [0.2, 0.25) is 0 Å². The maximum Gasteiger partial charge on any atom is 0.416 e. The van der Waals surface area contributed by atoms with E-state index in [0.29, 0.717) is 39.4 Å². The van der Waals surface area contributed by atoms with Crippen LogP contribution in [0.2, 0.25) is 0 Å². The van der Waals surface area contributed by atoms with E-state index in [0.717, 1.165) is 23.0 Å². The average Bonchev–Trinajstić information content (AvgIpc) is 3.53. The van der Waals surface area contributed by atoms with Gasteiger partial charge < -0.3 is 24.9 Å². The molecule has 0 aliphatic rings. The first-order valence-electron chi connectivity index (χ1n) is 12.1. The van der Waals surface area contributed by atoms with Gasteiger partial charge in [-0.1, -0.05) is 42.5 Å². The number of carboxylic acid groups (broad SMARTS) is 1. The number of halogens is 3. The van der Waals surface area contributed by atoms with Crippen LogP contribution in [-0.4, -0.2) is 31.1 Å². The Morgan fingerprint density at radius 3 is 2.35 bits per heavy atom. The van der Waals surface area contributed by atoms with Gasteiger partial charge in [-0.05, 0) is 65.2 Å². The van der Waals surface area contributed by atoms with Crippen molar-refractivity contribution >= 4 is 27.9 Å². The largest absolute Gasteiger partial charge is 0.479 e. The first-order valence-corrected chi connectivity index (χ1v) is 12.1. The fourth-order valence-electron chi connectivity index (χ4n) is 4.65. The van der Waals surface area contributed by atoms with Gasteiger partial charge in [0, 0.05) is 10.9 Å². The van der Waals surface area contributed by atoms with Crippen molar-refractivity contribution in [3.05, 3.63) is 102 Å². The highest BCUT2D eigenvalue weighted by Crippen LogP contribution is 2.40. The molecule has 4 aromatic carbocycles. The van der Waals surface area contributed by atoms with Crippen molar-refractivity contribution in [1.29, 1.82) is 0 Å². The minimum atomic E-state index is -4.45. The highest BCUT2D eigenvalue weighted by molar-refractivity contribution is 5.95. The molecule has 0 bridgehead atoms. The molecule has 0 fully saturated rings. The number of carbonyl (C=O) groups is 1. The Bertz CT molecular complexity index is 1870. The van der Waals surface area contributed by atoms with Crippen LogP contribution in [0.5, 0.6) is 11.5 Å². The molecule has 10 heteroatoms. The molecule has 0 aliphatic carbocycles. The average molecular weight is 544 g/mol. The maximum atomic E-state index is 13.0. The molecule has 4 N–H and O–H groups in total. The fraction of sp³-hybridized carbons (Fsp3) is 0.0667. The van der Waals surface area contributed by atoms with E-state index in [2.05, 4.69) is 15.0 Å². The van der Waals surface area contributed by atoms with Crippen molar-refractivity contribution in [3.8, 4) is 34.1 Å². The van der Waals surface area contributed by atoms with Gasteiger partial charge in [-0.2, -0.15) is 13.2 Å². The number of benzene rings is 4. The third-order valence-electron chi connectivity index (χ3n) is 6.58. The molecule has 0 radical (unpaired) electrons. The topological polar surface area (TPSA) is 111 Å². The number of aliphatic carboxylic acids is 1. The van der Waals surface area contributed by atoms with Crippen LogP contribution in [0.3, 0.4) is 0 Å². The standard InChI is InChI=1S/C30H20F3N3O4/c31-30(32,33)17-10-12-18(13-11-17)40-27-21-7-3-4-8-22(21)34-25(27)28-35-23-14-9-16(15-24(23)36-28)19-5-1-2-6-20(19)26(37)29(38)39/h1-15,26,34,37H,(H,35,36)(H,38,39). The number of H-pyrrole nitrogens is 2. The minimum Gasteiger partial charge on any atom is -0.479 e. The van der Waals surface area contributed by atoms with Crippen LogP contribution in [0.1, 0.15) is 17.2 Å². The van der Waals surface area contributed by atoms with E-state index in [9.17, 15) is 28.2 Å². The zero-order valence-corrected chi connectivity index (χ0v) is 20.5. The second kappa shape index (κ2) is 9.58. The van der Waals surface area contributed by atoms with Crippen LogP contribution in [-0.2, 0) is 11.0 Å². The predicted octanol–water partition coefficient (Wildman–Crippen LogP) is 7.31. The summed E-state index contributed by atoms with van der Waals surface area (Å²) in [7, 11) is 0. The van der Waals surface area contributed by atoms with Gasteiger partial charge >= 0.3 is 12.1 Å². The van der Waals surface area contributed by atoms with Gasteiger partial charge in [-0.15, -0.1) is 0 Å². The Labute approximate surface area is 224 Å². The Balaban J connectivity index is 1.42. The van der Waals surface area contributed by atoms with Crippen molar-refractivity contribution in [3.63, 3.8) is 0 Å². The van der Waals surface area contributed by atoms with E-state index in [1.54, 1.807) is 42.5 Å². The van der Waals surface area contributed by atoms with Crippen LogP contribution in [0.25, 0.3) is 44.6 Å². The Morgan fingerprint density at radius 1 is 0.875 bits per heavy atom. The Morgan fingerprint density at radius 2 is 1.60 bits per heavy atom. The molecule has 2 heterocycles. The maximum absolute atomic E-state index is 13.0. The van der Waals surface area contributed by atoms with Crippen molar-refractivity contribution in [2.45, 2.75) is 12.3 Å². The number of aliphatic hydroxyl groups is 1. The van der Waals surface area contributed by atoms with Crippen molar-refractivity contribution in [2.24, 2.45) is 0 Å². The lowest BCUT2D eigenvalue weighted by Crippen LogP contribution is -2.11. The second-order valence-corrected chi connectivity index (χ2v) is 9.14. The highest BCUT2D eigenvalue weighted by Gasteiger charge is 2.30. The summed E-state index contributed by atoms with van der Waals surface area (Å²) in [5, 5.41) is 20.2. The first kappa shape index (κ1) is 25.2. The van der Waals surface area contributed by atoms with E-state index < -0.39 is 23.8 Å². The molecule has 1 atom stereocenters. The number of imidazole rings is 1. The normalized spacial score (nSPS) is 12.6. The summed E-state index contributed by atoms with van der Waals surface area (Å²) < 4.78 is 45.2. The summed E-state index contributed by atoms with van der Waals surface area (Å²) in [5.74, 6) is -0.295. The molecular formula is C30H20F3N3O4. The zero-order valence-electron chi connectivity index (χ0n) is 20.5. The molecule has 7 nitrogen and oxygen atoms in total. The lowest BCUT2D eigenvalue weighted by Gasteiger charge is -2.12. The van der Waals surface area contributed by atoms with E-state index >= 15 is 0 Å². The third kappa shape index (κ3) is 4.54. The number of fused-ring (bicyclic) bond motifs is 2. The summed E-state index contributed by atoms with van der Waals surface area (Å²) in [6.45, 7) is 0. The number of hydrogen-bond acceptors (Lipinski definition) is 4. The van der Waals surface area contributed by atoms with Gasteiger partial charge in [-0.25, -0.2) is 9.78 Å². The molecule has 0 spiro atoms. The lowest BCUT2D eigenvalue weighted by molar-refractivity contribution is -0.147. The van der Waals surface area contributed by atoms with E-state index in [-0.39, 0.29) is 11.3 Å². The van der Waals surface area contributed by atoms with Crippen LogP contribution in [0.15, 0.2) is 91.0 Å². The number of carboxylic acids is 1. The summed E-state index contributed by atoms with van der Waals surface area (Å²) in [4.78, 5) is 22.7. The number of nitrogens with zero attached hydrogens (tertiary/aromatic N) is 1. The van der Waals surface area contributed by atoms with Crippen LogP contribution < -0.4 is 4.74 Å². The zero-order chi connectivity index (χ0) is 28.0. The monoisotopic (exact) mass is 543 g/mol. The first-order chi connectivity index (χ1) is 19.2. The Hall–Kier alpha value is -5.09. The molecule has 6 rings (SSSR count). The Kier molecular flexibility index (Phi) is 6.04. The summed E-state index contributed by atoms with van der Waals surface area (Å²) in [5.41, 5.74) is 3.24. The minimum absolute atomic E-state index is 0.228. The van der Waals surface area contributed by atoms with E-state index in [1.165, 1.54) is 12.1 Å². The van der Waals surface area contributed by atoms with Crippen molar-refractivity contribution in [2.75, 3.05) is 0 Å². The summed E-state index contributed by atoms with van der Waals surface area (Å²) in [6.07, 6.45) is -6.13. The quantitative estimate of drug-likeness (QED) is 0.176. The summed E-state index contributed by atoms with van der Waals surface area (Å²) in [6, 6.07) is 23.9. The number of nitrogens with one attached hydrogen (secondary N) is 2. The molecule has 1 unspecified atom stereocenters. The third-order valence-corrected chi connectivity index (χ3v) is 6.58. The van der Waals surface area contributed by atoms with Gasteiger partial charge in [0.1, 0.15) is 11.4 Å². The fourth-order valence-corrected chi connectivity index (χ4v) is 4.65. The van der Waals surface area contributed by atoms with Crippen LogP contribution in [0, 0.1) is 0 Å². The predicted molar refractivity (Wildman–Crippen MR) is 143 cm³/mol. The van der Waals surface area contributed by atoms with Gasteiger partial charge in [0.25, 0.3) is 0 Å². The van der Waals surface area contributed by atoms with E-state index in [1.807, 2.05) is 24.3 Å². The number of rotatable bonds is 6. The van der Waals surface area contributed by atoms with Gasteiger partial charge in [0.15, 0.2) is 17.7 Å². The number of ether oxygens (including phenoxy) is 1. The molecule has 40 heavy (non-hydrogen) atoms. The molecule has 2 aromatic heterocycles. The van der Waals surface area contributed by atoms with Crippen LogP contribution >= 0.6 is 0 Å². The molecule has 0 amide bonds. The molecule has 0 saturated heterocycles. The number of aromatic nitrogens is 3. The lowest BCUT2D eigenvalue weighted by atomic mass is 9.96. The smallest absolute Gasteiger partial charge is 0.416 e. The van der Waals surface area contributed by atoms with Crippen molar-refractivity contribution in [1.82, 2.24) is 15.0 Å². The molecule has 0 aliphatic heterocycles. The second-order valence-electron chi connectivity index (χ2n) is 9.14. The van der Waals surface area contributed by atoms with E-state index in [4.69, 9.17) is 4.74 Å². The molecule has 0 saturated carbocycles. The van der Waals surface area contributed by atoms with Gasteiger partial charge in [0.05, 0.1) is 16.6 Å². The van der Waals surface area contributed by atoms with Crippen molar-refractivity contribution < 1.29 is 32.9 Å². The van der Waals surface area contributed by atoms with Crippen LogP contribution in [0.4, 0.5) is 13.2 Å². The SMILES string of the molecule is O=C(O)C(O)c1ccccc1-c1ccc2nc(-c3[nH]c4ccccc4c3Oc3ccc(C(F)(F)F)cc3)[nH]c2c1.